The second kappa shape index (κ2) is 6.14. The molecular formula is C13H15FO4. The number of rotatable bonds is 6. The summed E-state index contributed by atoms with van der Waals surface area (Å²) in [5, 5.41) is 8.62. The van der Waals surface area contributed by atoms with E-state index < -0.39 is 11.8 Å². The molecule has 1 rings (SSSR count). The topological polar surface area (TPSA) is 63.6 Å². The Morgan fingerprint density at radius 1 is 1.39 bits per heavy atom. The normalized spacial score (nSPS) is 11.9. The standard InChI is InChI=1S/C13H15FO4/c1-8(6-13(16)17)5-11(15)10-7-9(14)3-4-12(10)18-2/h3-4,7-8H,5-6H2,1-2H3,(H,16,17). The van der Waals surface area contributed by atoms with Gasteiger partial charge < -0.3 is 9.84 Å². The summed E-state index contributed by atoms with van der Waals surface area (Å²) in [6, 6.07) is 3.69. The summed E-state index contributed by atoms with van der Waals surface area (Å²) in [4.78, 5) is 22.4. The van der Waals surface area contributed by atoms with Crippen molar-refractivity contribution in [3.8, 4) is 5.75 Å². The van der Waals surface area contributed by atoms with Crippen LogP contribution in [0.2, 0.25) is 0 Å². The van der Waals surface area contributed by atoms with Crippen LogP contribution in [0.1, 0.15) is 30.1 Å². The number of methoxy groups -OCH3 is 1. The van der Waals surface area contributed by atoms with Gasteiger partial charge in [0.15, 0.2) is 5.78 Å². The molecule has 0 aliphatic rings. The zero-order chi connectivity index (χ0) is 13.7. The Morgan fingerprint density at radius 2 is 2.06 bits per heavy atom. The fraction of sp³-hybridized carbons (Fsp3) is 0.385. The first-order chi connectivity index (χ1) is 8.43. The van der Waals surface area contributed by atoms with Crippen LogP contribution in [-0.4, -0.2) is 24.0 Å². The van der Waals surface area contributed by atoms with Crippen LogP contribution in [0.3, 0.4) is 0 Å². The third-order valence-corrected chi connectivity index (χ3v) is 2.52. The molecule has 0 saturated heterocycles. The fourth-order valence-electron chi connectivity index (χ4n) is 1.69. The van der Waals surface area contributed by atoms with E-state index in [4.69, 9.17) is 9.84 Å². The number of aliphatic carboxylic acids is 1. The van der Waals surface area contributed by atoms with E-state index in [9.17, 15) is 14.0 Å². The van der Waals surface area contributed by atoms with Gasteiger partial charge in [-0.1, -0.05) is 6.92 Å². The molecule has 0 heterocycles. The van der Waals surface area contributed by atoms with Gasteiger partial charge in [0.25, 0.3) is 0 Å². The van der Waals surface area contributed by atoms with Crippen molar-refractivity contribution in [2.45, 2.75) is 19.8 Å². The first kappa shape index (κ1) is 14.2. The monoisotopic (exact) mass is 254 g/mol. The number of hydrogen-bond donors (Lipinski definition) is 1. The number of carbonyl (C=O) groups excluding carboxylic acids is 1. The average Bonchev–Trinajstić information content (AvgIpc) is 2.27. The van der Waals surface area contributed by atoms with Crippen LogP contribution >= 0.6 is 0 Å². The molecule has 0 aliphatic carbocycles. The minimum Gasteiger partial charge on any atom is -0.496 e. The second-order valence-corrected chi connectivity index (χ2v) is 4.17. The number of benzene rings is 1. The largest absolute Gasteiger partial charge is 0.496 e. The number of carboxylic acid groups (broad SMARTS) is 1. The zero-order valence-electron chi connectivity index (χ0n) is 10.3. The minimum absolute atomic E-state index is 0.0477. The van der Waals surface area contributed by atoms with Crippen molar-refractivity contribution in [1.82, 2.24) is 0 Å². The predicted molar refractivity (Wildman–Crippen MR) is 63.3 cm³/mol. The highest BCUT2D eigenvalue weighted by Gasteiger charge is 2.18. The van der Waals surface area contributed by atoms with Crippen molar-refractivity contribution >= 4 is 11.8 Å². The van der Waals surface area contributed by atoms with E-state index in [0.717, 1.165) is 6.07 Å². The first-order valence-corrected chi connectivity index (χ1v) is 5.52. The molecule has 0 aliphatic heterocycles. The van der Waals surface area contributed by atoms with Crippen molar-refractivity contribution in [3.63, 3.8) is 0 Å². The van der Waals surface area contributed by atoms with E-state index in [1.807, 2.05) is 0 Å². The molecule has 0 fully saturated rings. The van der Waals surface area contributed by atoms with Crippen LogP contribution in [0.4, 0.5) is 4.39 Å². The first-order valence-electron chi connectivity index (χ1n) is 5.52. The lowest BCUT2D eigenvalue weighted by Gasteiger charge is -2.10. The Morgan fingerprint density at radius 3 is 2.61 bits per heavy atom. The summed E-state index contributed by atoms with van der Waals surface area (Å²) in [5.41, 5.74) is 0.148. The lowest BCUT2D eigenvalue weighted by Crippen LogP contribution is -2.11. The van der Waals surface area contributed by atoms with Gasteiger partial charge in [-0.15, -0.1) is 0 Å². The maximum atomic E-state index is 13.1. The van der Waals surface area contributed by atoms with E-state index in [1.165, 1.54) is 19.2 Å². The van der Waals surface area contributed by atoms with Gasteiger partial charge >= 0.3 is 5.97 Å². The maximum Gasteiger partial charge on any atom is 0.303 e. The molecule has 0 bridgehead atoms. The van der Waals surface area contributed by atoms with E-state index in [0.29, 0.717) is 5.75 Å². The van der Waals surface area contributed by atoms with Gasteiger partial charge in [0.05, 0.1) is 12.7 Å². The van der Waals surface area contributed by atoms with Gasteiger partial charge in [0.1, 0.15) is 11.6 Å². The highest BCUT2D eigenvalue weighted by atomic mass is 19.1. The maximum absolute atomic E-state index is 13.1. The van der Waals surface area contributed by atoms with E-state index in [-0.39, 0.29) is 30.1 Å². The molecule has 1 aromatic rings. The molecule has 1 atom stereocenters. The van der Waals surface area contributed by atoms with Crippen molar-refractivity contribution in [3.05, 3.63) is 29.6 Å². The summed E-state index contributed by atoms with van der Waals surface area (Å²) in [6.07, 6.45) is -0.0461. The SMILES string of the molecule is COc1ccc(F)cc1C(=O)CC(C)CC(=O)O. The minimum atomic E-state index is -0.957. The van der Waals surface area contributed by atoms with Gasteiger partial charge in [-0.25, -0.2) is 4.39 Å². The number of carbonyl (C=O) groups is 2. The number of halogens is 1. The molecule has 4 nitrogen and oxygen atoms in total. The van der Waals surface area contributed by atoms with E-state index >= 15 is 0 Å². The Hall–Kier alpha value is -1.91. The lowest BCUT2D eigenvalue weighted by atomic mass is 9.96. The Bertz CT molecular complexity index is 456. The molecule has 18 heavy (non-hydrogen) atoms. The summed E-state index contributed by atoms with van der Waals surface area (Å²) in [5.74, 6) is -1.81. The van der Waals surface area contributed by atoms with Crippen molar-refractivity contribution in [2.75, 3.05) is 7.11 Å². The van der Waals surface area contributed by atoms with Crippen molar-refractivity contribution in [1.29, 1.82) is 0 Å². The van der Waals surface area contributed by atoms with Crippen molar-refractivity contribution in [2.24, 2.45) is 5.92 Å². The molecule has 0 radical (unpaired) electrons. The third kappa shape index (κ3) is 3.84. The van der Waals surface area contributed by atoms with Gasteiger partial charge in [-0.2, -0.15) is 0 Å². The zero-order valence-corrected chi connectivity index (χ0v) is 10.3. The van der Waals surface area contributed by atoms with E-state index in [2.05, 4.69) is 0 Å². The van der Waals surface area contributed by atoms with Crippen LogP contribution in [0.15, 0.2) is 18.2 Å². The molecule has 98 valence electrons. The fourth-order valence-corrected chi connectivity index (χ4v) is 1.69. The van der Waals surface area contributed by atoms with Gasteiger partial charge in [0.2, 0.25) is 0 Å². The summed E-state index contributed by atoms with van der Waals surface area (Å²) >= 11 is 0. The molecular weight excluding hydrogens is 239 g/mol. The van der Waals surface area contributed by atoms with Crippen LogP contribution in [0.5, 0.6) is 5.75 Å². The highest BCUT2D eigenvalue weighted by molar-refractivity contribution is 5.98. The van der Waals surface area contributed by atoms with Crippen LogP contribution in [0, 0.1) is 11.7 Å². The van der Waals surface area contributed by atoms with E-state index in [1.54, 1.807) is 6.92 Å². The number of ether oxygens (including phenoxy) is 1. The molecule has 1 aromatic carbocycles. The average molecular weight is 254 g/mol. The van der Waals surface area contributed by atoms with Gasteiger partial charge in [-0.3, -0.25) is 9.59 Å². The number of Topliss-reactive ketones (excluding diaryl/α,β-unsaturated/α-hetero) is 1. The molecule has 0 aromatic heterocycles. The van der Waals surface area contributed by atoms with Gasteiger partial charge in [-0.05, 0) is 24.1 Å². The second-order valence-electron chi connectivity index (χ2n) is 4.17. The van der Waals surface area contributed by atoms with Crippen molar-refractivity contribution < 1.29 is 23.8 Å². The third-order valence-electron chi connectivity index (χ3n) is 2.52. The molecule has 0 spiro atoms. The summed E-state index contributed by atoms with van der Waals surface area (Å²) < 4.78 is 18.1. The smallest absolute Gasteiger partial charge is 0.303 e. The Kier molecular flexibility index (Phi) is 4.83. The highest BCUT2D eigenvalue weighted by Crippen LogP contribution is 2.23. The molecule has 0 saturated carbocycles. The molecule has 1 unspecified atom stereocenters. The number of hydrogen-bond acceptors (Lipinski definition) is 3. The number of carboxylic acids is 1. The quantitative estimate of drug-likeness (QED) is 0.792. The summed E-state index contributed by atoms with van der Waals surface area (Å²) in [6.45, 7) is 1.66. The molecule has 5 heteroatoms. The lowest BCUT2D eigenvalue weighted by molar-refractivity contribution is -0.137. The molecule has 1 N–H and O–H groups in total. The number of ketones is 1. The predicted octanol–water partition coefficient (Wildman–Crippen LogP) is 2.52. The van der Waals surface area contributed by atoms with Crippen LogP contribution < -0.4 is 4.74 Å². The van der Waals surface area contributed by atoms with Crippen LogP contribution in [-0.2, 0) is 4.79 Å². The van der Waals surface area contributed by atoms with Crippen LogP contribution in [0.25, 0.3) is 0 Å². The molecule has 0 amide bonds. The Labute approximate surface area is 104 Å². The summed E-state index contributed by atoms with van der Waals surface area (Å²) in [7, 11) is 1.39. The van der Waals surface area contributed by atoms with Gasteiger partial charge in [0, 0.05) is 12.8 Å². The Balaban J connectivity index is 2.83.